The molecule has 0 aliphatic carbocycles. The molecule has 116 valence electrons. The molecule has 1 aromatic heterocycles. The van der Waals surface area contributed by atoms with Crippen molar-refractivity contribution in [3.8, 4) is 5.75 Å². The summed E-state index contributed by atoms with van der Waals surface area (Å²) in [5, 5.41) is 3.55. The van der Waals surface area contributed by atoms with E-state index in [1.54, 1.807) is 7.11 Å². The van der Waals surface area contributed by atoms with Crippen LogP contribution in [0, 0.1) is 0 Å². The van der Waals surface area contributed by atoms with Crippen LogP contribution in [0.4, 0.5) is 11.5 Å². The predicted molar refractivity (Wildman–Crippen MR) is 89.2 cm³/mol. The minimum atomic E-state index is 0.459. The molecule has 1 fully saturated rings. The van der Waals surface area contributed by atoms with Gasteiger partial charge < -0.3 is 15.0 Å². The van der Waals surface area contributed by atoms with Gasteiger partial charge in [-0.05, 0) is 24.1 Å². The smallest absolute Gasteiger partial charge is 0.157 e. The van der Waals surface area contributed by atoms with Crippen LogP contribution in [0.5, 0.6) is 5.75 Å². The van der Waals surface area contributed by atoms with E-state index in [1.807, 2.05) is 19.2 Å². The summed E-state index contributed by atoms with van der Waals surface area (Å²) in [6, 6.07) is 8.30. The van der Waals surface area contributed by atoms with Crippen molar-refractivity contribution in [3.63, 3.8) is 0 Å². The molecule has 2 heterocycles. The van der Waals surface area contributed by atoms with E-state index >= 15 is 0 Å². The molecule has 22 heavy (non-hydrogen) atoms. The molecule has 0 radical (unpaired) electrons. The zero-order chi connectivity index (χ0) is 15.5. The largest absolute Gasteiger partial charge is 0.497 e. The summed E-state index contributed by atoms with van der Waals surface area (Å²) in [5.41, 5.74) is 2.12. The Morgan fingerprint density at radius 3 is 2.73 bits per heavy atom. The number of anilines is 2. The highest BCUT2D eigenvalue weighted by atomic mass is 35.5. The quantitative estimate of drug-likeness (QED) is 0.877. The van der Waals surface area contributed by atoms with Gasteiger partial charge in [0.2, 0.25) is 0 Å². The number of nitrogens with one attached hydrogen (secondary N) is 1. The lowest BCUT2D eigenvalue weighted by molar-refractivity contribution is 0.414. The van der Waals surface area contributed by atoms with E-state index in [4.69, 9.17) is 16.3 Å². The molecule has 0 saturated carbocycles. The maximum atomic E-state index is 6.14. The fraction of sp³-hybridized carbons (Fsp3) is 0.375. The summed E-state index contributed by atoms with van der Waals surface area (Å²) in [6.45, 7) is 1.88. The second kappa shape index (κ2) is 6.40. The van der Waals surface area contributed by atoms with E-state index in [2.05, 4.69) is 32.3 Å². The molecule has 1 aliphatic heterocycles. The van der Waals surface area contributed by atoms with Crippen molar-refractivity contribution in [2.75, 3.05) is 37.5 Å². The summed E-state index contributed by atoms with van der Waals surface area (Å²) in [4.78, 5) is 10.7. The van der Waals surface area contributed by atoms with Gasteiger partial charge in [-0.3, -0.25) is 0 Å². The third-order valence-corrected chi connectivity index (χ3v) is 4.39. The van der Waals surface area contributed by atoms with Crippen LogP contribution in [0.25, 0.3) is 0 Å². The molecule has 1 atom stereocenters. The van der Waals surface area contributed by atoms with Gasteiger partial charge in [-0.25, -0.2) is 9.97 Å². The second-order valence-corrected chi connectivity index (χ2v) is 5.68. The molecule has 0 spiro atoms. The number of aromatic nitrogens is 2. The van der Waals surface area contributed by atoms with E-state index in [-0.39, 0.29) is 0 Å². The summed E-state index contributed by atoms with van der Waals surface area (Å²) < 4.78 is 5.22. The molecule has 2 aromatic rings. The lowest BCUT2D eigenvalue weighted by atomic mass is 9.98. The number of hydrogen-bond acceptors (Lipinski definition) is 5. The minimum Gasteiger partial charge on any atom is -0.497 e. The average molecular weight is 319 g/mol. The topological polar surface area (TPSA) is 50.3 Å². The van der Waals surface area contributed by atoms with Gasteiger partial charge in [0, 0.05) is 26.1 Å². The zero-order valence-corrected chi connectivity index (χ0v) is 13.5. The van der Waals surface area contributed by atoms with Crippen LogP contribution in [0.3, 0.4) is 0 Å². The van der Waals surface area contributed by atoms with Crippen LogP contribution in [0.15, 0.2) is 30.6 Å². The summed E-state index contributed by atoms with van der Waals surface area (Å²) in [6.07, 6.45) is 2.61. The highest BCUT2D eigenvalue weighted by Gasteiger charge is 2.27. The summed E-state index contributed by atoms with van der Waals surface area (Å²) in [7, 11) is 3.52. The number of rotatable bonds is 4. The van der Waals surface area contributed by atoms with Gasteiger partial charge in [-0.15, -0.1) is 0 Å². The normalized spacial score (nSPS) is 17.6. The average Bonchev–Trinajstić information content (AvgIpc) is 3.04. The number of hydrogen-bond donors (Lipinski definition) is 1. The van der Waals surface area contributed by atoms with Gasteiger partial charge in [0.1, 0.15) is 17.8 Å². The Labute approximate surface area is 135 Å². The van der Waals surface area contributed by atoms with Crippen LogP contribution >= 0.6 is 11.6 Å². The fourth-order valence-corrected chi connectivity index (χ4v) is 3.13. The molecule has 1 N–H and O–H groups in total. The monoisotopic (exact) mass is 318 g/mol. The van der Waals surface area contributed by atoms with Gasteiger partial charge in [0.25, 0.3) is 0 Å². The van der Waals surface area contributed by atoms with Crippen molar-refractivity contribution >= 4 is 23.1 Å². The zero-order valence-electron chi connectivity index (χ0n) is 12.7. The first-order valence-corrected chi connectivity index (χ1v) is 7.68. The van der Waals surface area contributed by atoms with Gasteiger partial charge in [-0.2, -0.15) is 0 Å². The lowest BCUT2D eigenvalue weighted by Gasteiger charge is -2.20. The second-order valence-electron chi connectivity index (χ2n) is 5.32. The number of benzene rings is 1. The van der Waals surface area contributed by atoms with Crippen molar-refractivity contribution in [3.05, 3.63) is 41.3 Å². The molecule has 3 rings (SSSR count). The summed E-state index contributed by atoms with van der Waals surface area (Å²) in [5.74, 6) is 2.25. The van der Waals surface area contributed by atoms with Gasteiger partial charge in [-0.1, -0.05) is 23.7 Å². The van der Waals surface area contributed by atoms with Gasteiger partial charge in [0.15, 0.2) is 11.0 Å². The van der Waals surface area contributed by atoms with Crippen molar-refractivity contribution < 1.29 is 4.74 Å². The first-order chi connectivity index (χ1) is 10.7. The molecular weight excluding hydrogens is 300 g/mol. The maximum absolute atomic E-state index is 6.14. The van der Waals surface area contributed by atoms with E-state index < -0.39 is 0 Å². The van der Waals surface area contributed by atoms with Gasteiger partial charge in [0.05, 0.1) is 7.11 Å². The molecule has 1 aliphatic rings. The van der Waals surface area contributed by atoms with Crippen LogP contribution in [0.1, 0.15) is 17.9 Å². The maximum Gasteiger partial charge on any atom is 0.157 e. The Balaban J connectivity index is 1.78. The standard InChI is InChI=1S/C16H19ClN4O/c1-18-14-15(17)19-10-20-16(14)21-8-7-12(9-21)11-3-5-13(22-2)6-4-11/h3-6,10,12,18H,7-9H2,1-2H3. The molecule has 6 heteroatoms. The first-order valence-electron chi connectivity index (χ1n) is 7.30. The number of nitrogens with zero attached hydrogens (tertiary/aromatic N) is 3. The minimum absolute atomic E-state index is 0.459. The van der Waals surface area contributed by atoms with Crippen molar-refractivity contribution in [1.82, 2.24) is 9.97 Å². The molecular formula is C16H19ClN4O. The highest BCUT2D eigenvalue weighted by molar-refractivity contribution is 6.32. The van der Waals surface area contributed by atoms with E-state index in [0.717, 1.165) is 36.8 Å². The SMILES string of the molecule is CNc1c(Cl)ncnc1N1CCC(c2ccc(OC)cc2)C1. The molecule has 1 saturated heterocycles. The molecule has 1 unspecified atom stereocenters. The van der Waals surface area contributed by atoms with Crippen LogP contribution in [0.2, 0.25) is 5.15 Å². The Bertz CT molecular complexity index is 647. The third kappa shape index (κ3) is 2.81. The highest BCUT2D eigenvalue weighted by Crippen LogP contribution is 2.35. The third-order valence-electron chi connectivity index (χ3n) is 4.11. The number of ether oxygens (including phenoxy) is 1. The Morgan fingerprint density at radius 2 is 2.05 bits per heavy atom. The molecule has 1 aromatic carbocycles. The Morgan fingerprint density at radius 1 is 1.27 bits per heavy atom. The number of halogens is 1. The Hall–Kier alpha value is -2.01. The van der Waals surface area contributed by atoms with E-state index in [9.17, 15) is 0 Å². The van der Waals surface area contributed by atoms with E-state index in [1.165, 1.54) is 11.9 Å². The van der Waals surface area contributed by atoms with Crippen LogP contribution in [-0.4, -0.2) is 37.2 Å². The molecule has 0 amide bonds. The van der Waals surface area contributed by atoms with Gasteiger partial charge >= 0.3 is 0 Å². The molecule has 0 bridgehead atoms. The predicted octanol–water partition coefficient (Wildman–Crippen LogP) is 3.17. The van der Waals surface area contributed by atoms with Crippen molar-refractivity contribution in [2.45, 2.75) is 12.3 Å². The van der Waals surface area contributed by atoms with E-state index in [0.29, 0.717) is 11.1 Å². The summed E-state index contributed by atoms with van der Waals surface area (Å²) >= 11 is 6.14. The number of methoxy groups -OCH3 is 1. The van der Waals surface area contributed by atoms with Crippen LogP contribution < -0.4 is 15.0 Å². The lowest BCUT2D eigenvalue weighted by Crippen LogP contribution is -2.22. The Kier molecular flexibility index (Phi) is 4.34. The fourth-order valence-electron chi connectivity index (χ4n) is 2.91. The van der Waals surface area contributed by atoms with Crippen molar-refractivity contribution in [2.24, 2.45) is 0 Å². The molecule has 5 nitrogen and oxygen atoms in total. The van der Waals surface area contributed by atoms with Crippen molar-refractivity contribution in [1.29, 1.82) is 0 Å². The first kappa shape index (κ1) is 14.9. The van der Waals surface area contributed by atoms with Crippen LogP contribution in [-0.2, 0) is 0 Å².